The Morgan fingerprint density at radius 2 is 1.97 bits per heavy atom. The summed E-state index contributed by atoms with van der Waals surface area (Å²) in [5.74, 6) is 0.891. The molecule has 0 unspecified atom stereocenters. The van der Waals surface area contributed by atoms with Crippen molar-refractivity contribution >= 4 is 31.8 Å². The first kappa shape index (κ1) is 21.4. The standard InChI is InChI=1S/C25H18N4O4S/c1-3-33-24-16(12-26)18(13-7-5-4-6-8-13)19-20-21(34-25(19)29-24)23(31)28-22(27-20)15-10-9-14(30)11-17(15)32-2/h4-11,30H,3H2,1-2H3,(H,27,28,31). The van der Waals surface area contributed by atoms with E-state index in [0.29, 0.717) is 43.9 Å². The van der Waals surface area contributed by atoms with E-state index >= 15 is 0 Å². The number of phenols is 1. The van der Waals surface area contributed by atoms with E-state index in [0.717, 1.165) is 5.56 Å². The van der Waals surface area contributed by atoms with Gasteiger partial charge in [0, 0.05) is 17.0 Å². The number of rotatable bonds is 5. The van der Waals surface area contributed by atoms with E-state index in [1.165, 1.54) is 30.6 Å². The molecule has 0 bridgehead atoms. The van der Waals surface area contributed by atoms with Crippen LogP contribution in [0.15, 0.2) is 53.3 Å². The molecule has 0 amide bonds. The highest BCUT2D eigenvalue weighted by molar-refractivity contribution is 7.25. The van der Waals surface area contributed by atoms with E-state index in [-0.39, 0.29) is 28.6 Å². The van der Waals surface area contributed by atoms with Crippen LogP contribution in [0, 0.1) is 11.3 Å². The van der Waals surface area contributed by atoms with Gasteiger partial charge in [-0.2, -0.15) is 5.26 Å². The Hall–Kier alpha value is -4.42. The summed E-state index contributed by atoms with van der Waals surface area (Å²) in [6, 6.07) is 16.2. The van der Waals surface area contributed by atoms with Crippen molar-refractivity contribution in [2.45, 2.75) is 6.92 Å². The van der Waals surface area contributed by atoms with Crippen LogP contribution in [0.5, 0.6) is 17.4 Å². The lowest BCUT2D eigenvalue weighted by Gasteiger charge is -2.12. The lowest BCUT2D eigenvalue weighted by molar-refractivity contribution is 0.327. The van der Waals surface area contributed by atoms with E-state index in [1.54, 1.807) is 6.07 Å². The number of aromatic hydroxyl groups is 1. The highest BCUT2D eigenvalue weighted by Gasteiger charge is 2.24. The van der Waals surface area contributed by atoms with Gasteiger partial charge in [-0.15, -0.1) is 11.3 Å². The lowest BCUT2D eigenvalue weighted by Crippen LogP contribution is -2.08. The van der Waals surface area contributed by atoms with Gasteiger partial charge in [0.2, 0.25) is 5.88 Å². The molecule has 5 aromatic rings. The summed E-state index contributed by atoms with van der Waals surface area (Å²) >= 11 is 1.19. The van der Waals surface area contributed by atoms with Crippen LogP contribution in [0.2, 0.25) is 0 Å². The van der Waals surface area contributed by atoms with Gasteiger partial charge in [-0.1, -0.05) is 30.3 Å². The molecule has 0 saturated heterocycles. The number of thiophene rings is 1. The molecule has 0 fully saturated rings. The van der Waals surface area contributed by atoms with E-state index < -0.39 is 0 Å². The number of aromatic nitrogens is 3. The summed E-state index contributed by atoms with van der Waals surface area (Å²) in [4.78, 5) is 25.8. The molecular weight excluding hydrogens is 452 g/mol. The van der Waals surface area contributed by atoms with Crippen LogP contribution in [-0.4, -0.2) is 33.8 Å². The van der Waals surface area contributed by atoms with Gasteiger partial charge in [0.15, 0.2) is 0 Å². The minimum Gasteiger partial charge on any atom is -0.508 e. The third kappa shape index (κ3) is 3.41. The van der Waals surface area contributed by atoms with Crippen molar-refractivity contribution in [1.29, 1.82) is 5.26 Å². The van der Waals surface area contributed by atoms with Crippen LogP contribution < -0.4 is 15.0 Å². The number of H-pyrrole nitrogens is 1. The topological polar surface area (TPSA) is 121 Å². The summed E-state index contributed by atoms with van der Waals surface area (Å²) in [5.41, 5.74) is 2.29. The number of nitrogens with zero attached hydrogens (tertiary/aromatic N) is 3. The second kappa shape index (κ2) is 8.50. The molecule has 2 aromatic carbocycles. The summed E-state index contributed by atoms with van der Waals surface area (Å²) in [6.07, 6.45) is 0. The molecule has 34 heavy (non-hydrogen) atoms. The van der Waals surface area contributed by atoms with Crippen molar-refractivity contribution in [3.05, 3.63) is 64.4 Å². The maximum absolute atomic E-state index is 13.1. The van der Waals surface area contributed by atoms with Crippen molar-refractivity contribution < 1.29 is 14.6 Å². The third-order valence-electron chi connectivity index (χ3n) is 5.34. The van der Waals surface area contributed by atoms with Crippen molar-refractivity contribution in [3.63, 3.8) is 0 Å². The minimum absolute atomic E-state index is 0.0303. The molecule has 3 heterocycles. The Labute approximate surface area is 197 Å². The lowest BCUT2D eigenvalue weighted by atomic mass is 9.98. The summed E-state index contributed by atoms with van der Waals surface area (Å²) in [5, 5.41) is 20.5. The number of benzene rings is 2. The molecule has 0 spiro atoms. The Morgan fingerprint density at radius 1 is 1.18 bits per heavy atom. The number of hydrogen-bond donors (Lipinski definition) is 2. The maximum atomic E-state index is 13.1. The van der Waals surface area contributed by atoms with Crippen LogP contribution in [0.1, 0.15) is 12.5 Å². The van der Waals surface area contributed by atoms with Crippen molar-refractivity contribution in [1.82, 2.24) is 15.0 Å². The number of aromatic amines is 1. The molecule has 0 atom stereocenters. The first-order chi connectivity index (χ1) is 16.5. The first-order valence-electron chi connectivity index (χ1n) is 10.4. The Bertz CT molecular complexity index is 1650. The van der Waals surface area contributed by atoms with Gasteiger partial charge < -0.3 is 19.6 Å². The normalized spacial score (nSPS) is 11.0. The van der Waals surface area contributed by atoms with Gasteiger partial charge in [-0.3, -0.25) is 4.79 Å². The fourth-order valence-electron chi connectivity index (χ4n) is 3.90. The Kier molecular flexibility index (Phi) is 5.36. The molecule has 0 aliphatic carbocycles. The van der Waals surface area contributed by atoms with Crippen LogP contribution in [0.25, 0.3) is 42.9 Å². The second-order valence-corrected chi connectivity index (χ2v) is 8.34. The second-order valence-electron chi connectivity index (χ2n) is 7.34. The number of hydrogen-bond acceptors (Lipinski definition) is 8. The molecule has 168 valence electrons. The number of nitriles is 1. The van der Waals surface area contributed by atoms with E-state index in [4.69, 9.17) is 14.5 Å². The number of nitrogens with one attached hydrogen (secondary N) is 1. The van der Waals surface area contributed by atoms with Gasteiger partial charge in [0.25, 0.3) is 5.56 Å². The van der Waals surface area contributed by atoms with Gasteiger partial charge in [-0.25, -0.2) is 9.97 Å². The monoisotopic (exact) mass is 470 g/mol. The quantitative estimate of drug-likeness (QED) is 0.376. The maximum Gasteiger partial charge on any atom is 0.269 e. The minimum atomic E-state index is -0.339. The zero-order valence-corrected chi connectivity index (χ0v) is 19.1. The van der Waals surface area contributed by atoms with Crippen molar-refractivity contribution in [2.24, 2.45) is 0 Å². The molecule has 0 saturated carbocycles. The van der Waals surface area contributed by atoms with Crippen LogP contribution in [0.4, 0.5) is 0 Å². The molecule has 9 heteroatoms. The van der Waals surface area contributed by atoms with Crippen molar-refractivity contribution in [3.8, 4) is 46.0 Å². The zero-order chi connectivity index (χ0) is 23.8. The zero-order valence-electron chi connectivity index (χ0n) is 18.2. The SMILES string of the molecule is CCOc1nc2sc3c(=O)[nH]c(-c4ccc(O)cc4OC)nc3c2c(-c2ccccc2)c1C#N. The molecule has 5 rings (SSSR count). The Morgan fingerprint density at radius 3 is 2.68 bits per heavy atom. The predicted octanol–water partition coefficient (Wildman–Crippen LogP) is 4.85. The molecular formula is C25H18N4O4S. The fourth-order valence-corrected chi connectivity index (χ4v) is 4.91. The van der Waals surface area contributed by atoms with Gasteiger partial charge in [-0.05, 0) is 24.6 Å². The van der Waals surface area contributed by atoms with E-state index in [1.807, 2.05) is 37.3 Å². The average molecular weight is 471 g/mol. The van der Waals surface area contributed by atoms with Gasteiger partial charge in [0.05, 0.1) is 24.8 Å². The molecule has 3 aromatic heterocycles. The van der Waals surface area contributed by atoms with E-state index in [9.17, 15) is 15.2 Å². The summed E-state index contributed by atoms with van der Waals surface area (Å²) in [7, 11) is 1.47. The fraction of sp³-hybridized carbons (Fsp3) is 0.120. The van der Waals surface area contributed by atoms with Gasteiger partial charge in [0.1, 0.15) is 38.5 Å². The smallest absolute Gasteiger partial charge is 0.269 e. The molecule has 2 N–H and O–H groups in total. The number of methoxy groups -OCH3 is 1. The molecule has 0 aliphatic heterocycles. The number of ether oxygens (including phenoxy) is 2. The first-order valence-corrected chi connectivity index (χ1v) is 11.2. The predicted molar refractivity (Wildman–Crippen MR) is 131 cm³/mol. The molecule has 0 radical (unpaired) electrons. The number of fused-ring (bicyclic) bond motifs is 3. The number of pyridine rings is 1. The summed E-state index contributed by atoms with van der Waals surface area (Å²) < 4.78 is 11.5. The molecule has 0 aliphatic rings. The van der Waals surface area contributed by atoms with E-state index in [2.05, 4.69) is 16.0 Å². The van der Waals surface area contributed by atoms with Crippen LogP contribution >= 0.6 is 11.3 Å². The van der Waals surface area contributed by atoms with Crippen LogP contribution in [-0.2, 0) is 0 Å². The highest BCUT2D eigenvalue weighted by atomic mass is 32.1. The Balaban J connectivity index is 1.92. The third-order valence-corrected chi connectivity index (χ3v) is 6.41. The highest BCUT2D eigenvalue weighted by Crippen LogP contribution is 2.42. The largest absolute Gasteiger partial charge is 0.508 e. The average Bonchev–Trinajstić information content (AvgIpc) is 3.22. The number of phenolic OH excluding ortho intramolecular Hbond substituents is 1. The van der Waals surface area contributed by atoms with Crippen LogP contribution in [0.3, 0.4) is 0 Å². The van der Waals surface area contributed by atoms with Crippen molar-refractivity contribution in [2.75, 3.05) is 13.7 Å². The van der Waals surface area contributed by atoms with Gasteiger partial charge >= 0.3 is 0 Å². The molecule has 8 nitrogen and oxygen atoms in total. The summed E-state index contributed by atoms with van der Waals surface area (Å²) in [6.45, 7) is 2.17.